The third-order valence-electron chi connectivity index (χ3n) is 10.4. The summed E-state index contributed by atoms with van der Waals surface area (Å²) in [6.45, 7) is 0. The summed E-state index contributed by atoms with van der Waals surface area (Å²) in [7, 11) is 0. The van der Waals surface area contributed by atoms with Gasteiger partial charge in [-0.05, 0) is 135 Å². The van der Waals surface area contributed by atoms with Crippen LogP contribution in [-0.2, 0) is 0 Å². The zero-order valence-electron chi connectivity index (χ0n) is 27.5. The molecule has 0 spiro atoms. The second-order valence-corrected chi connectivity index (χ2v) is 13.3. The van der Waals surface area contributed by atoms with Gasteiger partial charge in [-0.1, -0.05) is 158 Å². The molecule has 0 nitrogen and oxygen atoms in total. The maximum Gasteiger partial charge on any atom is -0.00259 e. The first kappa shape index (κ1) is 28.5. The van der Waals surface area contributed by atoms with Crippen LogP contribution in [0.3, 0.4) is 0 Å². The predicted octanol–water partition coefficient (Wildman–Crippen LogP) is 14.1. The van der Waals surface area contributed by atoms with E-state index in [4.69, 9.17) is 0 Å². The molecule has 10 aromatic rings. The van der Waals surface area contributed by atoms with Crippen LogP contribution >= 0.6 is 0 Å². The highest BCUT2D eigenvalue weighted by Crippen LogP contribution is 2.43. The van der Waals surface area contributed by atoms with Crippen molar-refractivity contribution < 1.29 is 0 Å². The van der Waals surface area contributed by atoms with E-state index in [1.54, 1.807) is 0 Å². The molecular weight excluding hydrogens is 601 g/mol. The fourth-order valence-corrected chi connectivity index (χ4v) is 7.93. The van der Waals surface area contributed by atoms with Crippen molar-refractivity contribution in [1.82, 2.24) is 0 Å². The van der Waals surface area contributed by atoms with E-state index in [-0.39, 0.29) is 0 Å². The molecule has 50 heavy (non-hydrogen) atoms. The van der Waals surface area contributed by atoms with E-state index in [1.165, 1.54) is 98.4 Å². The topological polar surface area (TPSA) is 0 Å². The number of rotatable bonds is 4. The fraction of sp³-hybridized carbons (Fsp3) is 0. The molecule has 0 heteroatoms. The van der Waals surface area contributed by atoms with Crippen molar-refractivity contribution in [1.29, 1.82) is 0 Å². The van der Waals surface area contributed by atoms with E-state index in [0.29, 0.717) is 0 Å². The van der Waals surface area contributed by atoms with Crippen molar-refractivity contribution in [2.24, 2.45) is 0 Å². The van der Waals surface area contributed by atoms with Crippen LogP contribution in [-0.4, -0.2) is 0 Å². The molecular formula is C50H32. The molecule has 0 aromatic heterocycles. The summed E-state index contributed by atoms with van der Waals surface area (Å²) in [4.78, 5) is 0. The minimum Gasteiger partial charge on any atom is -0.0616 e. The minimum atomic E-state index is 1.22. The summed E-state index contributed by atoms with van der Waals surface area (Å²) in [6.07, 6.45) is 0. The van der Waals surface area contributed by atoms with Crippen LogP contribution in [0, 0.1) is 0 Å². The maximum atomic E-state index is 2.42. The molecule has 0 bridgehead atoms. The fourth-order valence-electron chi connectivity index (χ4n) is 7.93. The molecule has 0 heterocycles. The van der Waals surface area contributed by atoms with Crippen LogP contribution in [0.25, 0.3) is 98.4 Å². The monoisotopic (exact) mass is 632 g/mol. The van der Waals surface area contributed by atoms with Crippen LogP contribution in [0.15, 0.2) is 194 Å². The van der Waals surface area contributed by atoms with Gasteiger partial charge in [-0.2, -0.15) is 0 Å². The van der Waals surface area contributed by atoms with Crippen LogP contribution in [0.1, 0.15) is 0 Å². The average Bonchev–Trinajstić information content (AvgIpc) is 3.19. The van der Waals surface area contributed by atoms with Gasteiger partial charge in [0.1, 0.15) is 0 Å². The quantitative estimate of drug-likeness (QED) is 0.169. The van der Waals surface area contributed by atoms with Gasteiger partial charge in [0.25, 0.3) is 0 Å². The molecule has 0 aliphatic carbocycles. The summed E-state index contributed by atoms with van der Waals surface area (Å²) < 4.78 is 0. The minimum absolute atomic E-state index is 1.22. The first-order valence-electron chi connectivity index (χ1n) is 17.3. The van der Waals surface area contributed by atoms with Gasteiger partial charge in [0.2, 0.25) is 0 Å². The Hall–Kier alpha value is -6.50. The number of hydrogen-bond acceptors (Lipinski definition) is 0. The lowest BCUT2D eigenvalue weighted by molar-refractivity contribution is 1.62. The van der Waals surface area contributed by atoms with Gasteiger partial charge in [0.15, 0.2) is 0 Å². The Bertz CT molecular complexity index is 2730. The van der Waals surface area contributed by atoms with E-state index in [1.807, 2.05) is 0 Å². The molecule has 0 saturated carbocycles. The Morgan fingerprint density at radius 1 is 0.200 bits per heavy atom. The molecule has 232 valence electrons. The van der Waals surface area contributed by atoms with Crippen molar-refractivity contribution in [3.05, 3.63) is 194 Å². The van der Waals surface area contributed by atoms with Gasteiger partial charge in [-0.15, -0.1) is 0 Å². The highest BCUT2D eigenvalue weighted by molar-refractivity contribution is 6.25. The summed E-state index contributed by atoms with van der Waals surface area (Å²) in [5, 5.41) is 12.7. The SMILES string of the molecule is c1cc(-c2ccc3ccccc3c2)cc(-c2cc3cc(-c4cccc(-c5ccc6ccccc6c5)c4)c4ccccc4c3c3ccccc23)c1. The average molecular weight is 633 g/mol. The first-order chi connectivity index (χ1) is 24.8. The number of hydrogen-bond donors (Lipinski definition) is 0. The molecule has 0 amide bonds. The summed E-state index contributed by atoms with van der Waals surface area (Å²) in [5.41, 5.74) is 9.86. The van der Waals surface area contributed by atoms with E-state index in [9.17, 15) is 0 Å². The standard InChI is InChI=1S/C50H32/c1-3-13-35-27-39(25-23-33(35)11-1)37-15-9-17-41(29-37)48-31-43-32-49(45-20-6-8-22-47(45)50(43)46-21-7-5-19-44(46)48)42-18-10-16-38(30-42)40-26-24-34-12-2-4-14-36(34)28-40/h1-32H. The second kappa shape index (κ2) is 11.6. The van der Waals surface area contributed by atoms with Crippen LogP contribution < -0.4 is 0 Å². The molecule has 0 atom stereocenters. The molecule has 10 rings (SSSR count). The van der Waals surface area contributed by atoms with Gasteiger partial charge in [0.05, 0.1) is 0 Å². The summed E-state index contributed by atoms with van der Waals surface area (Å²) >= 11 is 0. The lowest BCUT2D eigenvalue weighted by atomic mass is 9.87. The van der Waals surface area contributed by atoms with Gasteiger partial charge in [0, 0.05) is 0 Å². The number of benzene rings is 10. The Morgan fingerprint density at radius 2 is 0.580 bits per heavy atom. The van der Waals surface area contributed by atoms with Gasteiger partial charge in [-0.3, -0.25) is 0 Å². The molecule has 0 aliphatic heterocycles. The highest BCUT2D eigenvalue weighted by Gasteiger charge is 2.15. The van der Waals surface area contributed by atoms with Gasteiger partial charge >= 0.3 is 0 Å². The molecule has 0 saturated heterocycles. The number of fused-ring (bicyclic) bond motifs is 7. The van der Waals surface area contributed by atoms with E-state index in [2.05, 4.69) is 194 Å². The maximum absolute atomic E-state index is 2.42. The molecule has 10 aromatic carbocycles. The van der Waals surface area contributed by atoms with E-state index < -0.39 is 0 Å². The largest absolute Gasteiger partial charge is 0.0616 e. The van der Waals surface area contributed by atoms with Crippen LogP contribution in [0.5, 0.6) is 0 Å². The van der Waals surface area contributed by atoms with Crippen molar-refractivity contribution in [2.75, 3.05) is 0 Å². The lowest BCUT2D eigenvalue weighted by Crippen LogP contribution is -1.90. The molecule has 0 unspecified atom stereocenters. The zero-order valence-corrected chi connectivity index (χ0v) is 27.5. The van der Waals surface area contributed by atoms with Crippen molar-refractivity contribution in [3.63, 3.8) is 0 Å². The van der Waals surface area contributed by atoms with Crippen molar-refractivity contribution in [3.8, 4) is 44.5 Å². The van der Waals surface area contributed by atoms with Crippen LogP contribution in [0.4, 0.5) is 0 Å². The molecule has 0 N–H and O–H groups in total. The Kier molecular flexibility index (Phi) is 6.60. The first-order valence-corrected chi connectivity index (χ1v) is 17.3. The normalized spacial score (nSPS) is 11.6. The van der Waals surface area contributed by atoms with Crippen molar-refractivity contribution >= 4 is 53.9 Å². The van der Waals surface area contributed by atoms with Crippen molar-refractivity contribution in [2.45, 2.75) is 0 Å². The highest BCUT2D eigenvalue weighted by atomic mass is 14.2. The molecule has 0 aliphatic rings. The Balaban J connectivity index is 1.17. The van der Waals surface area contributed by atoms with Gasteiger partial charge in [-0.25, -0.2) is 0 Å². The predicted molar refractivity (Wildman–Crippen MR) is 216 cm³/mol. The Morgan fingerprint density at radius 3 is 1.06 bits per heavy atom. The smallest absolute Gasteiger partial charge is 0.00259 e. The molecule has 0 radical (unpaired) electrons. The third kappa shape index (κ3) is 4.77. The van der Waals surface area contributed by atoms with E-state index >= 15 is 0 Å². The van der Waals surface area contributed by atoms with Crippen LogP contribution in [0.2, 0.25) is 0 Å². The summed E-state index contributed by atoms with van der Waals surface area (Å²) in [6, 6.07) is 71.4. The lowest BCUT2D eigenvalue weighted by Gasteiger charge is -2.17. The van der Waals surface area contributed by atoms with Gasteiger partial charge < -0.3 is 0 Å². The van der Waals surface area contributed by atoms with E-state index in [0.717, 1.165) is 0 Å². The third-order valence-corrected chi connectivity index (χ3v) is 10.4. The molecule has 0 fully saturated rings. The summed E-state index contributed by atoms with van der Waals surface area (Å²) in [5.74, 6) is 0. The zero-order chi connectivity index (χ0) is 33.0. The Labute approximate surface area is 291 Å². The second-order valence-electron chi connectivity index (χ2n) is 13.3.